The molecule has 0 aromatic carbocycles. The van der Waals surface area contributed by atoms with Gasteiger partial charge in [0, 0.05) is 6.04 Å². The Labute approximate surface area is 275 Å². The van der Waals surface area contributed by atoms with Crippen LogP contribution in [0, 0.1) is 34.5 Å². The zero-order chi connectivity index (χ0) is 31.4. The van der Waals surface area contributed by atoms with Gasteiger partial charge in [0.2, 0.25) is 0 Å². The number of hydrogen-bond donors (Lipinski definition) is 2. The van der Waals surface area contributed by atoms with Gasteiger partial charge in [-0.2, -0.15) is 0 Å². The van der Waals surface area contributed by atoms with Gasteiger partial charge in [0.25, 0.3) is 0 Å². The molecule has 258 valence electrons. The fourth-order valence-electron chi connectivity index (χ4n) is 11.3. The maximum atomic E-state index is 11.7. The molecule has 4 aliphatic carbocycles. The van der Waals surface area contributed by atoms with Gasteiger partial charge in [-0.15, -0.1) is 0 Å². The molecule has 9 atom stereocenters. The van der Waals surface area contributed by atoms with Crippen LogP contribution >= 0.6 is 0 Å². The molecular formula is C41H77NO2. The Kier molecular flexibility index (Phi) is 15.4. The summed E-state index contributed by atoms with van der Waals surface area (Å²) in [5.41, 5.74) is 0.521. The summed E-state index contributed by atoms with van der Waals surface area (Å²) in [6.45, 7) is 12.1. The van der Waals surface area contributed by atoms with Crippen LogP contribution in [-0.4, -0.2) is 46.5 Å². The Balaban J connectivity index is 1.33. The highest BCUT2D eigenvalue weighted by molar-refractivity contribution is 5.11. The SMILES string of the molecule is CCCCCCCCCCCN(CCCCCCCCCCC)[C@H]1C[C@@]2(C)[C@@H](CC[C@@H]3[C@@H]2CC[C@]2(C)[C@@H](O)CC[C@@H]32)C[C@@H]1O. The van der Waals surface area contributed by atoms with E-state index in [-0.39, 0.29) is 17.6 Å². The molecule has 0 heterocycles. The Hall–Kier alpha value is -0.120. The normalized spacial score (nSPS) is 36.8. The number of unbranched alkanes of at least 4 members (excludes halogenated alkanes) is 16. The summed E-state index contributed by atoms with van der Waals surface area (Å²) >= 11 is 0. The van der Waals surface area contributed by atoms with Crippen LogP contribution in [0.1, 0.15) is 195 Å². The molecule has 3 heteroatoms. The highest BCUT2D eigenvalue weighted by atomic mass is 16.3. The van der Waals surface area contributed by atoms with E-state index in [4.69, 9.17) is 0 Å². The van der Waals surface area contributed by atoms with Crippen LogP contribution in [-0.2, 0) is 0 Å². The summed E-state index contributed by atoms with van der Waals surface area (Å²) in [7, 11) is 0. The predicted octanol–water partition coefficient (Wildman–Crippen LogP) is 11.1. The number of aliphatic hydroxyl groups excluding tert-OH is 2. The van der Waals surface area contributed by atoms with Gasteiger partial charge in [-0.25, -0.2) is 0 Å². The molecule has 0 aromatic heterocycles. The highest BCUT2D eigenvalue weighted by Gasteiger charge is 2.61. The van der Waals surface area contributed by atoms with Gasteiger partial charge < -0.3 is 10.2 Å². The summed E-state index contributed by atoms with van der Waals surface area (Å²) < 4.78 is 0. The van der Waals surface area contributed by atoms with E-state index in [1.807, 2.05) is 0 Å². The Morgan fingerprint density at radius 3 is 1.61 bits per heavy atom. The van der Waals surface area contributed by atoms with Gasteiger partial charge in [-0.05, 0) is 112 Å². The molecule has 4 rings (SSSR count). The lowest BCUT2D eigenvalue weighted by Gasteiger charge is -2.62. The molecule has 0 saturated heterocycles. The number of aliphatic hydroxyl groups is 2. The molecule has 4 fully saturated rings. The van der Waals surface area contributed by atoms with Crippen molar-refractivity contribution in [1.82, 2.24) is 4.90 Å². The molecule has 0 spiro atoms. The molecule has 44 heavy (non-hydrogen) atoms. The minimum absolute atomic E-state index is 0.0805. The molecule has 4 aliphatic rings. The van der Waals surface area contributed by atoms with Gasteiger partial charge in [-0.1, -0.05) is 130 Å². The first-order valence-corrected chi connectivity index (χ1v) is 20.4. The standard InChI is InChI=1S/C41H77NO2/c1-5-7-9-11-13-15-17-19-21-29-42(30-22-20-18-16-14-12-10-8-6-2)37-32-41(4)33(31-38(37)43)23-24-34-35-25-26-39(44)40(35,3)28-27-36(34)41/h33-39,43-44H,5-32H2,1-4H3/t33-,34-,35-,36-,37-,38-,39-,40-,41-/m0/s1. The third-order valence-corrected chi connectivity index (χ3v) is 14.2. The maximum absolute atomic E-state index is 11.7. The summed E-state index contributed by atoms with van der Waals surface area (Å²) in [5, 5.41) is 22.7. The number of nitrogens with zero attached hydrogens (tertiary/aromatic N) is 1. The predicted molar refractivity (Wildman–Crippen MR) is 189 cm³/mol. The van der Waals surface area contributed by atoms with Crippen molar-refractivity contribution in [1.29, 1.82) is 0 Å². The van der Waals surface area contributed by atoms with Crippen molar-refractivity contribution in [3.63, 3.8) is 0 Å². The lowest BCUT2D eigenvalue weighted by molar-refractivity contribution is -0.153. The van der Waals surface area contributed by atoms with Crippen LogP contribution in [0.3, 0.4) is 0 Å². The smallest absolute Gasteiger partial charge is 0.0698 e. The quantitative estimate of drug-likeness (QED) is 0.126. The van der Waals surface area contributed by atoms with Gasteiger partial charge in [-0.3, -0.25) is 4.90 Å². The fraction of sp³-hybridized carbons (Fsp3) is 1.00. The van der Waals surface area contributed by atoms with E-state index in [1.54, 1.807) is 0 Å². The molecule has 0 unspecified atom stereocenters. The van der Waals surface area contributed by atoms with Crippen molar-refractivity contribution in [3.8, 4) is 0 Å². The van der Waals surface area contributed by atoms with Crippen LogP contribution in [0.5, 0.6) is 0 Å². The zero-order valence-corrected chi connectivity index (χ0v) is 30.2. The van der Waals surface area contributed by atoms with Crippen molar-refractivity contribution >= 4 is 0 Å². The minimum atomic E-state index is -0.149. The van der Waals surface area contributed by atoms with E-state index in [0.29, 0.717) is 17.4 Å². The molecule has 3 nitrogen and oxygen atoms in total. The largest absolute Gasteiger partial charge is 0.393 e. The topological polar surface area (TPSA) is 43.7 Å². The molecule has 0 bridgehead atoms. The molecule has 0 aliphatic heterocycles. The Morgan fingerprint density at radius 1 is 0.568 bits per heavy atom. The van der Waals surface area contributed by atoms with E-state index in [0.717, 1.165) is 30.6 Å². The van der Waals surface area contributed by atoms with Gasteiger partial charge in [0.15, 0.2) is 0 Å². The molecule has 0 aromatic rings. The molecule has 4 saturated carbocycles. The lowest BCUT2D eigenvalue weighted by Crippen LogP contribution is -2.60. The number of hydrogen-bond acceptors (Lipinski definition) is 3. The summed E-state index contributed by atoms with van der Waals surface area (Å²) in [6.07, 6.45) is 34.4. The van der Waals surface area contributed by atoms with E-state index in [1.165, 1.54) is 167 Å². The average Bonchev–Trinajstić information content (AvgIpc) is 3.32. The third kappa shape index (κ3) is 9.27. The van der Waals surface area contributed by atoms with Crippen molar-refractivity contribution in [2.75, 3.05) is 13.1 Å². The highest BCUT2D eigenvalue weighted by Crippen LogP contribution is 2.66. The van der Waals surface area contributed by atoms with Crippen LogP contribution in [0.25, 0.3) is 0 Å². The van der Waals surface area contributed by atoms with E-state index < -0.39 is 0 Å². The molecule has 2 N–H and O–H groups in total. The van der Waals surface area contributed by atoms with E-state index in [9.17, 15) is 10.2 Å². The summed E-state index contributed by atoms with van der Waals surface area (Å²) in [6, 6.07) is 0.348. The monoisotopic (exact) mass is 616 g/mol. The second-order valence-electron chi connectivity index (χ2n) is 17.1. The van der Waals surface area contributed by atoms with Crippen LogP contribution < -0.4 is 0 Å². The lowest BCUT2D eigenvalue weighted by atomic mass is 9.44. The van der Waals surface area contributed by atoms with Crippen LogP contribution in [0.15, 0.2) is 0 Å². The number of rotatable bonds is 21. The van der Waals surface area contributed by atoms with Crippen LogP contribution in [0.4, 0.5) is 0 Å². The van der Waals surface area contributed by atoms with E-state index in [2.05, 4.69) is 32.6 Å². The third-order valence-electron chi connectivity index (χ3n) is 14.2. The Morgan fingerprint density at radius 2 is 1.07 bits per heavy atom. The summed E-state index contributed by atoms with van der Waals surface area (Å²) in [4.78, 5) is 2.81. The minimum Gasteiger partial charge on any atom is -0.393 e. The fourth-order valence-corrected chi connectivity index (χ4v) is 11.3. The Bertz CT molecular complexity index is 765. The second-order valence-corrected chi connectivity index (χ2v) is 17.1. The first-order valence-electron chi connectivity index (χ1n) is 20.4. The van der Waals surface area contributed by atoms with Crippen molar-refractivity contribution in [2.24, 2.45) is 34.5 Å². The zero-order valence-electron chi connectivity index (χ0n) is 30.2. The van der Waals surface area contributed by atoms with E-state index >= 15 is 0 Å². The van der Waals surface area contributed by atoms with Crippen molar-refractivity contribution < 1.29 is 10.2 Å². The first kappa shape index (κ1) is 36.7. The van der Waals surface area contributed by atoms with Crippen molar-refractivity contribution in [3.05, 3.63) is 0 Å². The van der Waals surface area contributed by atoms with Gasteiger partial charge in [0.1, 0.15) is 0 Å². The van der Waals surface area contributed by atoms with Crippen LogP contribution in [0.2, 0.25) is 0 Å². The molecule has 0 amide bonds. The molecule has 0 radical (unpaired) electrons. The second kappa shape index (κ2) is 18.4. The number of fused-ring (bicyclic) bond motifs is 5. The first-order chi connectivity index (χ1) is 21.3. The maximum Gasteiger partial charge on any atom is 0.0698 e. The molecular weight excluding hydrogens is 538 g/mol. The average molecular weight is 616 g/mol. The van der Waals surface area contributed by atoms with Gasteiger partial charge >= 0.3 is 0 Å². The van der Waals surface area contributed by atoms with Gasteiger partial charge in [0.05, 0.1) is 12.2 Å². The summed E-state index contributed by atoms with van der Waals surface area (Å²) in [5.74, 6) is 3.00. The van der Waals surface area contributed by atoms with Crippen molar-refractivity contribution in [2.45, 2.75) is 213 Å².